The van der Waals surface area contributed by atoms with Gasteiger partial charge in [-0.2, -0.15) is 0 Å². The van der Waals surface area contributed by atoms with Crippen molar-refractivity contribution in [2.75, 3.05) is 16.8 Å². The minimum absolute atomic E-state index is 0.0844. The fraction of sp³-hybridized carbons (Fsp3) is 0.308. The highest BCUT2D eigenvalue weighted by Gasteiger charge is 2.14. The molecule has 1 amide bonds. The van der Waals surface area contributed by atoms with Gasteiger partial charge in [0, 0.05) is 15.3 Å². The van der Waals surface area contributed by atoms with Crippen LogP contribution in [0, 0.1) is 3.57 Å². The van der Waals surface area contributed by atoms with E-state index in [1.54, 1.807) is 0 Å². The molecule has 21 heavy (non-hydrogen) atoms. The second-order valence-corrected chi connectivity index (χ2v) is 6.84. The van der Waals surface area contributed by atoms with Crippen LogP contribution >= 0.6 is 34.4 Å². The van der Waals surface area contributed by atoms with E-state index in [1.165, 1.54) is 11.8 Å². The monoisotopic (exact) mass is 417 g/mol. The number of nitrogens with two attached hydrogens (primary N) is 1. The van der Waals surface area contributed by atoms with Crippen molar-refractivity contribution >= 4 is 51.9 Å². The molecule has 2 rings (SSSR count). The normalized spacial score (nSPS) is 10.9. The molecule has 0 fully saturated rings. The van der Waals surface area contributed by atoms with Gasteiger partial charge in [0.2, 0.25) is 11.9 Å². The first-order valence-corrected chi connectivity index (χ1v) is 8.42. The van der Waals surface area contributed by atoms with Gasteiger partial charge in [0.1, 0.15) is 0 Å². The van der Waals surface area contributed by atoms with Crippen LogP contribution in [0.1, 0.15) is 19.9 Å². The Hall–Kier alpha value is -1.29. The number of hydrogen-bond donors (Lipinski definition) is 2. The molecule has 6 nitrogen and oxygen atoms in total. The topological polar surface area (TPSA) is 85.8 Å². The molecule has 0 radical (unpaired) electrons. The molecule has 1 aromatic carbocycles. The van der Waals surface area contributed by atoms with Crippen molar-refractivity contribution in [3.05, 3.63) is 27.8 Å². The molecular formula is C13H16IN5OS. The van der Waals surface area contributed by atoms with E-state index in [4.69, 9.17) is 5.73 Å². The lowest BCUT2D eigenvalue weighted by Gasteiger charge is -2.11. The number of amides is 1. The molecule has 8 heteroatoms. The smallest absolute Gasteiger partial charge is 0.234 e. The summed E-state index contributed by atoms with van der Waals surface area (Å²) < 4.78 is 2.88. The van der Waals surface area contributed by atoms with Crippen molar-refractivity contribution in [2.24, 2.45) is 0 Å². The Bertz CT molecular complexity index is 643. The molecule has 1 aromatic heterocycles. The quantitative estimate of drug-likeness (QED) is 0.577. The lowest BCUT2D eigenvalue weighted by atomic mass is 10.3. The molecule has 112 valence electrons. The minimum atomic E-state index is -0.0844. The summed E-state index contributed by atoms with van der Waals surface area (Å²) in [5.41, 5.74) is 6.55. The Morgan fingerprint density at radius 3 is 2.90 bits per heavy atom. The zero-order valence-corrected chi connectivity index (χ0v) is 14.7. The van der Waals surface area contributed by atoms with Crippen LogP contribution in [-0.4, -0.2) is 26.4 Å². The van der Waals surface area contributed by atoms with Crippen molar-refractivity contribution in [2.45, 2.75) is 25.0 Å². The fourth-order valence-electron chi connectivity index (χ4n) is 1.77. The van der Waals surface area contributed by atoms with Crippen LogP contribution in [0.2, 0.25) is 0 Å². The number of rotatable bonds is 5. The first-order valence-electron chi connectivity index (χ1n) is 6.36. The van der Waals surface area contributed by atoms with Gasteiger partial charge in [-0.3, -0.25) is 9.36 Å². The van der Waals surface area contributed by atoms with E-state index < -0.39 is 0 Å². The third kappa shape index (κ3) is 4.34. The van der Waals surface area contributed by atoms with Crippen LogP contribution in [0.15, 0.2) is 29.4 Å². The molecule has 0 aliphatic carbocycles. The molecular weight excluding hydrogens is 401 g/mol. The number of nitrogens with one attached hydrogen (secondary N) is 1. The third-order valence-electron chi connectivity index (χ3n) is 2.65. The second kappa shape index (κ2) is 7.12. The second-order valence-electron chi connectivity index (χ2n) is 4.65. The van der Waals surface area contributed by atoms with E-state index in [-0.39, 0.29) is 17.7 Å². The summed E-state index contributed by atoms with van der Waals surface area (Å²) in [7, 11) is 0. The van der Waals surface area contributed by atoms with Crippen LogP contribution in [0.25, 0.3) is 0 Å². The average molecular weight is 417 g/mol. The van der Waals surface area contributed by atoms with Crippen LogP contribution in [-0.2, 0) is 4.79 Å². The van der Waals surface area contributed by atoms with Gasteiger partial charge < -0.3 is 11.1 Å². The number of nitrogens with zero attached hydrogens (tertiary/aromatic N) is 3. The summed E-state index contributed by atoms with van der Waals surface area (Å²) in [6.07, 6.45) is 0. The van der Waals surface area contributed by atoms with Crippen LogP contribution in [0.3, 0.4) is 0 Å². The van der Waals surface area contributed by atoms with E-state index >= 15 is 0 Å². The SMILES string of the molecule is CC(C)n1c(N)nnc1SCC(=O)Nc1cccc(I)c1. The standard InChI is InChI=1S/C13H16IN5OS/c1-8(2)19-12(15)17-18-13(19)21-7-11(20)16-10-5-3-4-9(14)6-10/h3-6,8H,7H2,1-2H3,(H2,15,17)(H,16,20). The Kier molecular flexibility index (Phi) is 5.45. The van der Waals surface area contributed by atoms with Crippen LogP contribution < -0.4 is 11.1 Å². The Labute approximate surface area is 141 Å². The van der Waals surface area contributed by atoms with Gasteiger partial charge in [-0.15, -0.1) is 10.2 Å². The molecule has 0 aliphatic heterocycles. The summed E-state index contributed by atoms with van der Waals surface area (Å²) >= 11 is 3.53. The summed E-state index contributed by atoms with van der Waals surface area (Å²) in [6.45, 7) is 3.99. The number of aromatic nitrogens is 3. The van der Waals surface area contributed by atoms with E-state index in [0.29, 0.717) is 11.1 Å². The first kappa shape index (κ1) is 16.1. The molecule has 0 saturated heterocycles. The lowest BCUT2D eigenvalue weighted by Crippen LogP contribution is -2.15. The zero-order chi connectivity index (χ0) is 15.4. The van der Waals surface area contributed by atoms with Gasteiger partial charge in [-0.05, 0) is 54.6 Å². The molecule has 2 aromatic rings. The number of carbonyl (C=O) groups excluding carboxylic acids is 1. The van der Waals surface area contributed by atoms with Crippen molar-refractivity contribution in [3.8, 4) is 0 Å². The summed E-state index contributed by atoms with van der Waals surface area (Å²) in [4.78, 5) is 12.0. The first-order chi connectivity index (χ1) is 9.97. The largest absolute Gasteiger partial charge is 0.368 e. The van der Waals surface area contributed by atoms with Crippen molar-refractivity contribution in [3.63, 3.8) is 0 Å². The highest BCUT2D eigenvalue weighted by molar-refractivity contribution is 14.1. The maximum atomic E-state index is 12.0. The van der Waals surface area contributed by atoms with E-state index in [9.17, 15) is 4.79 Å². The van der Waals surface area contributed by atoms with E-state index in [2.05, 4.69) is 38.1 Å². The number of halogens is 1. The molecule has 3 N–H and O–H groups in total. The van der Waals surface area contributed by atoms with Crippen molar-refractivity contribution < 1.29 is 4.79 Å². The van der Waals surface area contributed by atoms with Gasteiger partial charge in [-0.1, -0.05) is 17.8 Å². The molecule has 0 spiro atoms. The molecule has 0 bridgehead atoms. The van der Waals surface area contributed by atoms with E-state index in [0.717, 1.165) is 9.26 Å². The van der Waals surface area contributed by atoms with Crippen molar-refractivity contribution in [1.29, 1.82) is 0 Å². The number of hydrogen-bond acceptors (Lipinski definition) is 5. The predicted octanol–water partition coefficient (Wildman–Crippen LogP) is 2.78. The molecule has 0 aliphatic rings. The van der Waals surface area contributed by atoms with Crippen molar-refractivity contribution in [1.82, 2.24) is 14.8 Å². The highest BCUT2D eigenvalue weighted by atomic mass is 127. The van der Waals surface area contributed by atoms with Gasteiger partial charge >= 0.3 is 0 Å². The Morgan fingerprint density at radius 2 is 2.24 bits per heavy atom. The zero-order valence-electron chi connectivity index (χ0n) is 11.7. The molecule has 0 unspecified atom stereocenters. The van der Waals surface area contributed by atoms with Gasteiger partial charge in [0.05, 0.1) is 5.75 Å². The molecule has 0 atom stereocenters. The molecule has 1 heterocycles. The highest BCUT2D eigenvalue weighted by Crippen LogP contribution is 2.22. The lowest BCUT2D eigenvalue weighted by molar-refractivity contribution is -0.113. The van der Waals surface area contributed by atoms with Crippen LogP contribution in [0.4, 0.5) is 11.6 Å². The van der Waals surface area contributed by atoms with Gasteiger partial charge in [0.15, 0.2) is 5.16 Å². The van der Waals surface area contributed by atoms with Gasteiger partial charge in [0.25, 0.3) is 0 Å². The molecule has 0 saturated carbocycles. The number of thioether (sulfide) groups is 1. The Balaban J connectivity index is 1.96. The summed E-state index contributed by atoms with van der Waals surface area (Å²) in [5, 5.41) is 11.4. The number of benzene rings is 1. The maximum Gasteiger partial charge on any atom is 0.234 e. The Morgan fingerprint density at radius 1 is 1.48 bits per heavy atom. The summed E-state index contributed by atoms with van der Waals surface area (Å²) in [5.74, 6) is 0.542. The summed E-state index contributed by atoms with van der Waals surface area (Å²) in [6, 6.07) is 7.80. The number of carbonyl (C=O) groups is 1. The predicted molar refractivity (Wildman–Crippen MR) is 93.3 cm³/mol. The average Bonchev–Trinajstić information content (AvgIpc) is 2.77. The number of anilines is 2. The third-order valence-corrected chi connectivity index (χ3v) is 4.26. The number of nitrogen functional groups attached to an aromatic ring is 1. The van der Waals surface area contributed by atoms with Crippen LogP contribution in [0.5, 0.6) is 0 Å². The minimum Gasteiger partial charge on any atom is -0.368 e. The maximum absolute atomic E-state index is 12.0. The fourth-order valence-corrected chi connectivity index (χ4v) is 3.18. The van der Waals surface area contributed by atoms with Gasteiger partial charge in [-0.25, -0.2) is 0 Å². The van der Waals surface area contributed by atoms with E-state index in [1.807, 2.05) is 42.7 Å².